The monoisotopic (exact) mass is 333 g/mol. The Kier molecular flexibility index (Phi) is 3.85. The number of fused-ring (bicyclic) bond motifs is 1. The van der Waals surface area contributed by atoms with Crippen LogP contribution in [-0.4, -0.2) is 12.3 Å². The van der Waals surface area contributed by atoms with Gasteiger partial charge < -0.3 is 5.32 Å². The van der Waals surface area contributed by atoms with Crippen LogP contribution in [-0.2, 0) is 0 Å². The van der Waals surface area contributed by atoms with E-state index < -0.39 is 0 Å². The van der Waals surface area contributed by atoms with Gasteiger partial charge in [0.15, 0.2) is 0 Å². The Balaban J connectivity index is 1.73. The number of hydrogen-bond acceptors (Lipinski definition) is 2. The summed E-state index contributed by atoms with van der Waals surface area (Å²) in [4.78, 5) is 1.44. The summed E-state index contributed by atoms with van der Waals surface area (Å²) >= 11 is 5.62. The van der Waals surface area contributed by atoms with Crippen LogP contribution in [0.4, 0.5) is 5.69 Å². The van der Waals surface area contributed by atoms with Gasteiger partial charge >= 0.3 is 0 Å². The molecule has 0 aliphatic carbocycles. The van der Waals surface area contributed by atoms with Gasteiger partial charge in [-0.15, -0.1) is 11.8 Å². The maximum absolute atomic E-state index is 3.65. The van der Waals surface area contributed by atoms with E-state index in [2.05, 4.69) is 70.6 Å². The number of halogens is 1. The summed E-state index contributed by atoms with van der Waals surface area (Å²) in [6, 6.07) is 15.1. The number of aryl methyl sites for hydroxylation is 1. The van der Waals surface area contributed by atoms with Gasteiger partial charge in [0.05, 0.1) is 0 Å². The van der Waals surface area contributed by atoms with Crippen molar-refractivity contribution < 1.29 is 0 Å². The molecule has 3 rings (SSSR count). The highest BCUT2D eigenvalue weighted by Gasteiger charge is 2.22. The third-order valence-electron chi connectivity index (χ3n) is 3.53. The number of hydrogen-bond donors (Lipinski definition) is 1. The molecule has 1 atom stereocenters. The first-order valence-corrected chi connectivity index (χ1v) is 8.24. The van der Waals surface area contributed by atoms with Crippen LogP contribution in [0.3, 0.4) is 0 Å². The second-order valence-corrected chi connectivity index (χ2v) is 6.72. The van der Waals surface area contributed by atoms with Crippen LogP contribution in [0.25, 0.3) is 0 Å². The van der Waals surface area contributed by atoms with Crippen LogP contribution in [0.5, 0.6) is 0 Å². The van der Waals surface area contributed by atoms with Gasteiger partial charge in [-0.2, -0.15) is 0 Å². The predicted molar refractivity (Wildman–Crippen MR) is 87.3 cm³/mol. The molecule has 0 bridgehead atoms. The second-order valence-electron chi connectivity index (χ2n) is 4.86. The van der Waals surface area contributed by atoms with Crippen molar-refractivity contribution in [2.75, 3.05) is 17.6 Å². The summed E-state index contributed by atoms with van der Waals surface area (Å²) in [5.41, 5.74) is 3.95. The van der Waals surface area contributed by atoms with Crippen molar-refractivity contribution in [3.8, 4) is 0 Å². The zero-order valence-corrected chi connectivity index (χ0v) is 13.2. The van der Waals surface area contributed by atoms with Gasteiger partial charge in [-0.3, -0.25) is 0 Å². The highest BCUT2D eigenvalue weighted by Crippen LogP contribution is 2.39. The van der Waals surface area contributed by atoms with Crippen molar-refractivity contribution in [2.45, 2.75) is 17.7 Å². The molecule has 3 heteroatoms. The second kappa shape index (κ2) is 5.59. The third kappa shape index (κ3) is 2.67. The van der Waals surface area contributed by atoms with E-state index in [9.17, 15) is 0 Å². The Morgan fingerprint density at radius 1 is 1.21 bits per heavy atom. The summed E-state index contributed by atoms with van der Waals surface area (Å²) in [6.45, 7) is 3.11. The summed E-state index contributed by atoms with van der Waals surface area (Å²) in [5.74, 6) is 1.78. The standard InChI is InChI=1S/C16H16BrNS/c1-11-5-4-7-14(16(11)17)18-9-12-10-19-15-8-3-2-6-13(12)15/h2-8,12,18H,9-10H2,1H3. The summed E-state index contributed by atoms with van der Waals surface area (Å²) in [6.07, 6.45) is 0. The minimum Gasteiger partial charge on any atom is -0.383 e. The lowest BCUT2D eigenvalue weighted by molar-refractivity contribution is 0.818. The molecular weight excluding hydrogens is 318 g/mol. The first kappa shape index (κ1) is 13.1. The van der Waals surface area contributed by atoms with E-state index in [-0.39, 0.29) is 0 Å². The lowest BCUT2D eigenvalue weighted by atomic mass is 10.0. The number of anilines is 1. The average Bonchev–Trinajstić information content (AvgIpc) is 2.84. The van der Waals surface area contributed by atoms with E-state index in [0.29, 0.717) is 5.92 Å². The molecule has 19 heavy (non-hydrogen) atoms. The quantitative estimate of drug-likeness (QED) is 0.842. The molecular formula is C16H16BrNS. The topological polar surface area (TPSA) is 12.0 Å². The van der Waals surface area contributed by atoms with Crippen molar-refractivity contribution in [3.05, 3.63) is 58.1 Å². The number of thioether (sulfide) groups is 1. The Bertz CT molecular complexity index is 597. The number of nitrogens with one attached hydrogen (secondary N) is 1. The normalized spacial score (nSPS) is 17.3. The molecule has 0 saturated heterocycles. The Labute approximate surface area is 126 Å². The molecule has 0 fully saturated rings. The van der Waals surface area contributed by atoms with Crippen molar-refractivity contribution in [1.82, 2.24) is 0 Å². The van der Waals surface area contributed by atoms with Crippen LogP contribution < -0.4 is 5.32 Å². The fourth-order valence-corrected chi connectivity index (χ4v) is 4.07. The van der Waals surface area contributed by atoms with Gasteiger partial charge in [0.2, 0.25) is 0 Å². The van der Waals surface area contributed by atoms with Crippen LogP contribution in [0.1, 0.15) is 17.0 Å². The van der Waals surface area contributed by atoms with E-state index in [0.717, 1.165) is 6.54 Å². The highest BCUT2D eigenvalue weighted by atomic mass is 79.9. The molecule has 0 aromatic heterocycles. The summed E-state index contributed by atoms with van der Waals surface area (Å²) < 4.78 is 1.17. The molecule has 1 nitrogen and oxygen atoms in total. The summed E-state index contributed by atoms with van der Waals surface area (Å²) in [5, 5.41) is 3.58. The molecule has 1 aliphatic heterocycles. The molecule has 2 aromatic carbocycles. The molecule has 0 amide bonds. The molecule has 0 spiro atoms. The van der Waals surface area contributed by atoms with E-state index in [4.69, 9.17) is 0 Å². The maximum Gasteiger partial charge on any atom is 0.0487 e. The molecule has 0 saturated carbocycles. The predicted octanol–water partition coefficient (Wildman–Crippen LogP) is 5.06. The van der Waals surface area contributed by atoms with Crippen LogP contribution in [0.2, 0.25) is 0 Å². The number of rotatable bonds is 3. The van der Waals surface area contributed by atoms with Gasteiger partial charge in [0, 0.05) is 33.3 Å². The first-order valence-electron chi connectivity index (χ1n) is 6.46. The minimum absolute atomic E-state index is 0.605. The van der Waals surface area contributed by atoms with E-state index in [1.165, 1.54) is 31.9 Å². The molecule has 0 radical (unpaired) electrons. The Morgan fingerprint density at radius 2 is 2.05 bits per heavy atom. The smallest absolute Gasteiger partial charge is 0.0487 e. The van der Waals surface area contributed by atoms with Gasteiger partial charge in [-0.25, -0.2) is 0 Å². The highest BCUT2D eigenvalue weighted by molar-refractivity contribution is 9.10. The van der Waals surface area contributed by atoms with E-state index in [1.54, 1.807) is 0 Å². The van der Waals surface area contributed by atoms with Crippen molar-refractivity contribution in [1.29, 1.82) is 0 Å². The molecule has 98 valence electrons. The average molecular weight is 334 g/mol. The zero-order valence-electron chi connectivity index (χ0n) is 10.8. The van der Waals surface area contributed by atoms with E-state index >= 15 is 0 Å². The lowest BCUT2D eigenvalue weighted by Crippen LogP contribution is -2.12. The third-order valence-corrected chi connectivity index (χ3v) is 5.83. The van der Waals surface area contributed by atoms with Crippen molar-refractivity contribution >= 4 is 33.4 Å². The molecule has 1 unspecified atom stereocenters. The van der Waals surface area contributed by atoms with Gasteiger partial charge in [0.25, 0.3) is 0 Å². The Morgan fingerprint density at radius 3 is 2.95 bits per heavy atom. The molecule has 2 aromatic rings. The van der Waals surface area contributed by atoms with Crippen LogP contribution in [0.15, 0.2) is 51.8 Å². The van der Waals surface area contributed by atoms with Crippen LogP contribution >= 0.6 is 27.7 Å². The molecule has 1 aliphatic rings. The minimum atomic E-state index is 0.605. The van der Waals surface area contributed by atoms with Gasteiger partial charge in [-0.05, 0) is 46.1 Å². The lowest BCUT2D eigenvalue weighted by Gasteiger charge is -2.15. The largest absolute Gasteiger partial charge is 0.383 e. The summed E-state index contributed by atoms with van der Waals surface area (Å²) in [7, 11) is 0. The fraction of sp³-hybridized carbons (Fsp3) is 0.250. The van der Waals surface area contributed by atoms with Crippen molar-refractivity contribution in [3.63, 3.8) is 0 Å². The zero-order chi connectivity index (χ0) is 13.2. The Hall–Kier alpha value is -0.930. The maximum atomic E-state index is 3.65. The van der Waals surface area contributed by atoms with Crippen LogP contribution in [0, 0.1) is 6.92 Å². The van der Waals surface area contributed by atoms with Crippen molar-refractivity contribution in [2.24, 2.45) is 0 Å². The molecule has 1 heterocycles. The molecule has 1 N–H and O–H groups in total. The van der Waals surface area contributed by atoms with Gasteiger partial charge in [-0.1, -0.05) is 30.3 Å². The van der Waals surface area contributed by atoms with E-state index in [1.807, 2.05) is 11.8 Å². The van der Waals surface area contributed by atoms with Gasteiger partial charge in [0.1, 0.15) is 0 Å². The fourth-order valence-electron chi connectivity index (χ4n) is 2.42. The SMILES string of the molecule is Cc1cccc(NCC2CSc3ccccc32)c1Br. The number of benzene rings is 2. The first-order chi connectivity index (χ1) is 9.25.